The SMILES string of the molecule is CC1CC(Nc2cc3ncccc3c(NC3C[C@H]4CCC[C@@H](C3)N4C(=O)C3(C(=O)C(F)(F)F)CC3)n2)NN1. The first kappa shape index (κ1) is 25.3. The van der Waals surface area contributed by atoms with Crippen LogP contribution in [0.1, 0.15) is 58.3 Å². The predicted molar refractivity (Wildman–Crippen MR) is 135 cm³/mol. The molecule has 3 unspecified atom stereocenters. The van der Waals surface area contributed by atoms with Crippen molar-refractivity contribution in [3.63, 3.8) is 0 Å². The fourth-order valence-electron chi connectivity index (χ4n) is 6.45. The van der Waals surface area contributed by atoms with Gasteiger partial charge in [0.05, 0.1) is 11.7 Å². The van der Waals surface area contributed by atoms with Gasteiger partial charge in [0.2, 0.25) is 5.91 Å². The number of fused-ring (bicyclic) bond motifs is 3. The molecule has 4 aliphatic rings. The van der Waals surface area contributed by atoms with Crippen LogP contribution in [0.2, 0.25) is 0 Å². The molecule has 1 amide bonds. The largest absolute Gasteiger partial charge is 0.451 e. The molecule has 1 aliphatic carbocycles. The fraction of sp³-hybridized carbons (Fsp3) is 0.615. The Morgan fingerprint density at radius 1 is 1.11 bits per heavy atom. The first-order chi connectivity index (χ1) is 18.1. The topological polar surface area (TPSA) is 111 Å². The number of amides is 1. The van der Waals surface area contributed by atoms with Gasteiger partial charge in [-0.15, -0.1) is 0 Å². The van der Waals surface area contributed by atoms with Gasteiger partial charge >= 0.3 is 6.18 Å². The van der Waals surface area contributed by atoms with Crippen molar-refractivity contribution in [3.8, 4) is 0 Å². The van der Waals surface area contributed by atoms with Crippen LogP contribution in [0.5, 0.6) is 0 Å². The maximum absolute atomic E-state index is 13.4. The summed E-state index contributed by atoms with van der Waals surface area (Å²) >= 11 is 0. The van der Waals surface area contributed by atoms with Crippen LogP contribution in [-0.4, -0.2) is 63.1 Å². The average molecular weight is 532 g/mol. The van der Waals surface area contributed by atoms with Gasteiger partial charge < -0.3 is 15.5 Å². The first-order valence-electron chi connectivity index (χ1n) is 13.4. The maximum Gasteiger partial charge on any atom is 0.451 e. The number of hydrogen-bond donors (Lipinski definition) is 4. The summed E-state index contributed by atoms with van der Waals surface area (Å²) in [6, 6.07) is 5.64. The maximum atomic E-state index is 13.4. The molecule has 12 heteroatoms. The highest BCUT2D eigenvalue weighted by molar-refractivity contribution is 6.11. The highest BCUT2D eigenvalue weighted by atomic mass is 19.4. The molecule has 4 fully saturated rings. The van der Waals surface area contributed by atoms with E-state index in [4.69, 9.17) is 4.98 Å². The van der Waals surface area contributed by atoms with E-state index in [1.165, 1.54) is 0 Å². The van der Waals surface area contributed by atoms with Crippen LogP contribution in [0, 0.1) is 5.41 Å². The Kier molecular flexibility index (Phi) is 6.21. The summed E-state index contributed by atoms with van der Waals surface area (Å²) in [5.74, 6) is -1.15. The number of Topliss-reactive ketones (excluding diaryl/α,β-unsaturated/α-hetero) is 1. The molecule has 5 heterocycles. The van der Waals surface area contributed by atoms with Gasteiger partial charge in [0.1, 0.15) is 17.1 Å². The van der Waals surface area contributed by atoms with Crippen LogP contribution in [0.3, 0.4) is 0 Å². The Bertz CT molecular complexity index is 1240. The second-order valence-corrected chi connectivity index (χ2v) is 11.2. The summed E-state index contributed by atoms with van der Waals surface area (Å²) in [5.41, 5.74) is 5.28. The molecule has 2 aromatic rings. The Morgan fingerprint density at radius 3 is 2.47 bits per heavy atom. The molecular weight excluding hydrogens is 499 g/mol. The quantitative estimate of drug-likeness (QED) is 0.420. The Hall–Kier alpha value is -2.99. The van der Waals surface area contributed by atoms with E-state index < -0.39 is 23.3 Å². The van der Waals surface area contributed by atoms with Gasteiger partial charge in [0.25, 0.3) is 5.78 Å². The number of nitrogens with zero attached hydrogens (tertiary/aromatic N) is 3. The number of alkyl halides is 3. The number of pyridine rings is 2. The van der Waals surface area contributed by atoms with E-state index >= 15 is 0 Å². The van der Waals surface area contributed by atoms with Crippen molar-refractivity contribution in [2.45, 2.75) is 94.8 Å². The number of carbonyl (C=O) groups excluding carboxylic acids is 2. The van der Waals surface area contributed by atoms with Crippen molar-refractivity contribution in [1.82, 2.24) is 25.7 Å². The van der Waals surface area contributed by atoms with Gasteiger partial charge in [-0.2, -0.15) is 13.2 Å². The lowest BCUT2D eigenvalue weighted by atomic mass is 9.80. The van der Waals surface area contributed by atoms with Crippen LogP contribution in [0.15, 0.2) is 24.4 Å². The second-order valence-electron chi connectivity index (χ2n) is 11.2. The molecule has 4 N–H and O–H groups in total. The number of ketones is 1. The van der Waals surface area contributed by atoms with Crippen molar-refractivity contribution in [2.75, 3.05) is 10.6 Å². The first-order valence-corrected chi connectivity index (χ1v) is 13.4. The third-order valence-corrected chi connectivity index (χ3v) is 8.42. The lowest BCUT2D eigenvalue weighted by Gasteiger charge is -2.50. The molecule has 3 aliphatic heterocycles. The number of hydrogen-bond acceptors (Lipinski definition) is 8. The van der Waals surface area contributed by atoms with Crippen LogP contribution >= 0.6 is 0 Å². The van der Waals surface area contributed by atoms with Crippen molar-refractivity contribution < 1.29 is 22.8 Å². The van der Waals surface area contributed by atoms with Gasteiger partial charge in [-0.3, -0.25) is 20.0 Å². The minimum absolute atomic E-state index is 0.0136. The van der Waals surface area contributed by atoms with Crippen molar-refractivity contribution in [1.29, 1.82) is 0 Å². The fourth-order valence-corrected chi connectivity index (χ4v) is 6.45. The summed E-state index contributed by atoms with van der Waals surface area (Å²) < 4.78 is 39.8. The summed E-state index contributed by atoms with van der Waals surface area (Å²) in [6.45, 7) is 2.09. The van der Waals surface area contributed by atoms with Crippen molar-refractivity contribution >= 4 is 34.2 Å². The van der Waals surface area contributed by atoms with Crippen LogP contribution < -0.4 is 21.5 Å². The number of hydrazine groups is 1. The standard InChI is InChI=1S/C26H32F3N7O2/c1-14-10-21(35-34-14)32-20-13-19-18(6-3-9-30-19)22(33-20)31-15-11-16-4-2-5-17(12-15)36(16)24(38)25(7-8-25)23(37)26(27,28)29/h3,6,9,13-17,21,34-35H,2,4-5,7-8,10-12H2,1H3,(H2,31,32,33)/t14?,15?,16-,17+,21?. The number of anilines is 2. The summed E-state index contributed by atoms with van der Waals surface area (Å²) in [6.07, 6.45) is 1.13. The number of halogens is 3. The van der Waals surface area contributed by atoms with Crippen molar-refractivity contribution in [2.24, 2.45) is 5.41 Å². The zero-order chi connectivity index (χ0) is 26.7. The predicted octanol–water partition coefficient (Wildman–Crippen LogP) is 3.49. The number of nitrogens with one attached hydrogen (secondary N) is 4. The highest BCUT2D eigenvalue weighted by Gasteiger charge is 2.66. The van der Waals surface area contributed by atoms with Gasteiger partial charge in [-0.1, -0.05) is 0 Å². The lowest BCUT2D eigenvalue weighted by Crippen LogP contribution is -2.60. The minimum Gasteiger partial charge on any atom is -0.367 e. The Balaban J connectivity index is 1.21. The Labute approximate surface area is 218 Å². The molecule has 0 radical (unpaired) electrons. The number of aromatic nitrogens is 2. The van der Waals surface area contributed by atoms with Crippen LogP contribution in [0.25, 0.3) is 10.9 Å². The third-order valence-electron chi connectivity index (χ3n) is 8.42. The molecule has 2 aromatic heterocycles. The molecule has 3 saturated heterocycles. The van der Waals surface area contributed by atoms with E-state index in [2.05, 4.69) is 33.4 Å². The smallest absolute Gasteiger partial charge is 0.367 e. The molecule has 9 nitrogen and oxygen atoms in total. The van der Waals surface area contributed by atoms with Crippen molar-refractivity contribution in [3.05, 3.63) is 24.4 Å². The zero-order valence-electron chi connectivity index (χ0n) is 21.1. The lowest BCUT2D eigenvalue weighted by molar-refractivity contribution is -0.182. The van der Waals surface area contributed by atoms with E-state index in [1.54, 1.807) is 11.1 Å². The van der Waals surface area contributed by atoms with Crippen LogP contribution in [-0.2, 0) is 9.59 Å². The van der Waals surface area contributed by atoms with Crippen LogP contribution in [0.4, 0.5) is 24.8 Å². The summed E-state index contributed by atoms with van der Waals surface area (Å²) in [5, 5.41) is 7.86. The van der Waals surface area contributed by atoms with E-state index in [1.807, 2.05) is 18.2 Å². The zero-order valence-corrected chi connectivity index (χ0v) is 21.1. The van der Waals surface area contributed by atoms with Gasteiger partial charge in [-0.05, 0) is 70.4 Å². The highest BCUT2D eigenvalue weighted by Crippen LogP contribution is 2.53. The Morgan fingerprint density at radius 2 is 1.84 bits per heavy atom. The molecule has 2 bridgehead atoms. The minimum atomic E-state index is -5.00. The van der Waals surface area contributed by atoms with E-state index in [-0.39, 0.29) is 37.1 Å². The second kappa shape index (κ2) is 9.33. The van der Waals surface area contributed by atoms with E-state index in [9.17, 15) is 22.8 Å². The van der Waals surface area contributed by atoms with E-state index in [0.29, 0.717) is 43.4 Å². The monoisotopic (exact) mass is 531 g/mol. The van der Waals surface area contributed by atoms with E-state index in [0.717, 1.165) is 23.7 Å². The van der Waals surface area contributed by atoms with Gasteiger partial charge in [0.15, 0.2) is 0 Å². The summed E-state index contributed by atoms with van der Waals surface area (Å²) in [4.78, 5) is 36.5. The molecule has 0 aromatic carbocycles. The molecular formula is C26H32F3N7O2. The molecule has 38 heavy (non-hydrogen) atoms. The number of rotatable bonds is 6. The number of carbonyl (C=O) groups is 2. The average Bonchev–Trinajstić information content (AvgIpc) is 3.58. The molecule has 1 saturated carbocycles. The third kappa shape index (κ3) is 4.57. The molecule has 5 atom stereocenters. The molecule has 0 spiro atoms. The summed E-state index contributed by atoms with van der Waals surface area (Å²) in [7, 11) is 0. The van der Waals surface area contributed by atoms with Gasteiger partial charge in [0, 0.05) is 41.8 Å². The normalized spacial score (nSPS) is 30.2. The molecule has 204 valence electrons. The number of piperidine rings is 2. The van der Waals surface area contributed by atoms with Gasteiger partial charge in [-0.25, -0.2) is 10.4 Å². The molecule has 6 rings (SSSR count).